The fourth-order valence-electron chi connectivity index (χ4n) is 0.710. The summed E-state index contributed by atoms with van der Waals surface area (Å²) in [4.78, 5) is 7.65. The zero-order valence-corrected chi connectivity index (χ0v) is 8.50. The largest absolute Gasteiger partial charge is 0.232 e. The Kier molecular flexibility index (Phi) is 2.84. The second-order valence-corrected chi connectivity index (χ2v) is 3.91. The monoisotopic (exact) mass is 185 g/mol. The molecule has 0 aromatic carbocycles. The summed E-state index contributed by atoms with van der Waals surface area (Å²) in [5.74, 6) is 6.19. The van der Waals surface area contributed by atoms with Crippen LogP contribution in [0.15, 0.2) is 12.4 Å². The van der Waals surface area contributed by atoms with E-state index in [2.05, 4.69) is 21.8 Å². The third kappa shape index (κ3) is 3.25. The molecule has 3 heteroatoms. The van der Waals surface area contributed by atoms with Gasteiger partial charge in [-0.25, -0.2) is 9.97 Å². The van der Waals surface area contributed by atoms with Crippen molar-refractivity contribution in [2.75, 3.05) is 0 Å². The third-order valence-corrected chi connectivity index (χ3v) is 1.33. The predicted octanol–water partition coefficient (Wildman–Crippen LogP) is 1.75. The standard InChI is InChI=1S/C11H11N3/c1-11(2,3)5-4-9-7-13-10(6-12)14-8-9/h7-8H,1-3H3. The molecule has 0 spiro atoms. The minimum absolute atomic E-state index is 0.0338. The molecule has 0 aliphatic heterocycles. The fourth-order valence-corrected chi connectivity index (χ4v) is 0.710. The Morgan fingerprint density at radius 3 is 2.21 bits per heavy atom. The molecule has 0 saturated carbocycles. The molecule has 3 nitrogen and oxygen atoms in total. The van der Waals surface area contributed by atoms with E-state index in [-0.39, 0.29) is 11.2 Å². The van der Waals surface area contributed by atoms with Crippen molar-refractivity contribution in [2.45, 2.75) is 20.8 Å². The van der Waals surface area contributed by atoms with Crippen molar-refractivity contribution in [2.24, 2.45) is 5.41 Å². The van der Waals surface area contributed by atoms with Gasteiger partial charge in [0.15, 0.2) is 0 Å². The Bertz CT molecular complexity index is 407. The molecule has 0 aliphatic carbocycles. The molecule has 1 aromatic heterocycles. The van der Waals surface area contributed by atoms with E-state index in [4.69, 9.17) is 5.26 Å². The molecule has 0 N–H and O–H groups in total. The van der Waals surface area contributed by atoms with Gasteiger partial charge < -0.3 is 0 Å². The van der Waals surface area contributed by atoms with Crippen molar-refractivity contribution >= 4 is 0 Å². The molecule has 70 valence electrons. The van der Waals surface area contributed by atoms with E-state index in [1.165, 1.54) is 0 Å². The zero-order chi connectivity index (χ0) is 10.6. The summed E-state index contributed by atoms with van der Waals surface area (Å²) in [6.07, 6.45) is 3.12. The Labute approximate surface area is 83.8 Å². The highest BCUT2D eigenvalue weighted by Gasteiger charge is 2.03. The van der Waals surface area contributed by atoms with E-state index in [9.17, 15) is 0 Å². The maximum absolute atomic E-state index is 8.48. The Hall–Kier alpha value is -1.87. The highest BCUT2D eigenvalue weighted by molar-refractivity contribution is 5.32. The average molecular weight is 185 g/mol. The SMILES string of the molecule is CC(C)(C)C#Cc1cnc(C#N)nc1. The minimum Gasteiger partial charge on any atom is -0.226 e. The molecule has 0 atom stereocenters. The molecule has 0 aliphatic rings. The second-order valence-electron chi connectivity index (χ2n) is 3.91. The lowest BCUT2D eigenvalue weighted by Gasteiger charge is -2.06. The number of rotatable bonds is 0. The van der Waals surface area contributed by atoms with Crippen LogP contribution in [0.25, 0.3) is 0 Å². The molecule has 1 rings (SSSR count). The van der Waals surface area contributed by atoms with E-state index in [0.29, 0.717) is 0 Å². The van der Waals surface area contributed by atoms with Crippen LogP contribution in [0.1, 0.15) is 32.2 Å². The maximum Gasteiger partial charge on any atom is 0.232 e. The van der Waals surface area contributed by atoms with Crippen molar-refractivity contribution < 1.29 is 0 Å². The third-order valence-electron chi connectivity index (χ3n) is 1.33. The van der Waals surface area contributed by atoms with Crippen molar-refractivity contribution in [3.8, 4) is 17.9 Å². The number of nitrogens with zero attached hydrogens (tertiary/aromatic N) is 3. The van der Waals surface area contributed by atoms with Crippen LogP contribution in [0.2, 0.25) is 0 Å². The summed E-state index contributed by atoms with van der Waals surface area (Å²) in [5, 5.41) is 8.48. The molecule has 1 aromatic rings. The lowest BCUT2D eigenvalue weighted by Crippen LogP contribution is -1.99. The minimum atomic E-state index is -0.0338. The van der Waals surface area contributed by atoms with Crippen molar-refractivity contribution in [3.63, 3.8) is 0 Å². The quantitative estimate of drug-likeness (QED) is 0.578. The van der Waals surface area contributed by atoms with Gasteiger partial charge in [-0.3, -0.25) is 0 Å². The van der Waals surface area contributed by atoms with Gasteiger partial charge in [0, 0.05) is 17.8 Å². The predicted molar refractivity (Wildman–Crippen MR) is 53.1 cm³/mol. The number of aromatic nitrogens is 2. The molecule has 0 fully saturated rings. The van der Waals surface area contributed by atoms with Gasteiger partial charge in [0.2, 0.25) is 5.82 Å². The van der Waals surface area contributed by atoms with Crippen molar-refractivity contribution in [1.29, 1.82) is 5.26 Å². The molecule has 0 bridgehead atoms. The lowest BCUT2D eigenvalue weighted by atomic mass is 9.98. The average Bonchev–Trinajstić information content (AvgIpc) is 2.14. The van der Waals surface area contributed by atoms with Crippen LogP contribution < -0.4 is 0 Å². The topological polar surface area (TPSA) is 49.6 Å². The Morgan fingerprint density at radius 2 is 1.79 bits per heavy atom. The summed E-state index contributed by atoms with van der Waals surface area (Å²) >= 11 is 0. The maximum atomic E-state index is 8.48. The van der Waals surface area contributed by atoms with Gasteiger partial charge in [0.25, 0.3) is 0 Å². The molecule has 0 radical (unpaired) electrons. The first-order chi connectivity index (χ1) is 6.51. The van der Waals surface area contributed by atoms with Gasteiger partial charge in [0.05, 0.1) is 5.56 Å². The van der Waals surface area contributed by atoms with Gasteiger partial charge >= 0.3 is 0 Å². The normalized spacial score (nSPS) is 9.86. The van der Waals surface area contributed by atoms with Gasteiger partial charge in [-0.1, -0.05) is 11.8 Å². The van der Waals surface area contributed by atoms with E-state index in [1.807, 2.05) is 26.8 Å². The highest BCUT2D eigenvalue weighted by Crippen LogP contribution is 2.10. The smallest absolute Gasteiger partial charge is 0.226 e. The molecule has 0 saturated heterocycles. The lowest BCUT2D eigenvalue weighted by molar-refractivity contribution is 0.571. The molecular formula is C11H11N3. The number of nitriles is 1. The second kappa shape index (κ2) is 3.89. The first-order valence-electron chi connectivity index (χ1n) is 4.26. The van der Waals surface area contributed by atoms with Crippen molar-refractivity contribution in [3.05, 3.63) is 23.8 Å². The van der Waals surface area contributed by atoms with Crippen LogP contribution >= 0.6 is 0 Å². The van der Waals surface area contributed by atoms with Gasteiger partial charge in [-0.15, -0.1) is 0 Å². The molecule has 0 amide bonds. The summed E-state index contributed by atoms with van der Waals surface area (Å²) in [7, 11) is 0. The van der Waals surface area contributed by atoms with E-state index in [0.717, 1.165) is 5.56 Å². The van der Waals surface area contributed by atoms with Crippen molar-refractivity contribution in [1.82, 2.24) is 9.97 Å². The van der Waals surface area contributed by atoms with Crippen LogP contribution in [0.5, 0.6) is 0 Å². The van der Waals surface area contributed by atoms with Crippen LogP contribution in [0, 0.1) is 28.6 Å². The highest BCUT2D eigenvalue weighted by atomic mass is 14.9. The Morgan fingerprint density at radius 1 is 1.21 bits per heavy atom. The van der Waals surface area contributed by atoms with Crippen LogP contribution in [-0.4, -0.2) is 9.97 Å². The van der Waals surface area contributed by atoms with E-state index >= 15 is 0 Å². The molecule has 1 heterocycles. The number of hydrogen-bond acceptors (Lipinski definition) is 3. The summed E-state index contributed by atoms with van der Waals surface area (Å²) in [6, 6.07) is 1.86. The van der Waals surface area contributed by atoms with E-state index in [1.54, 1.807) is 12.4 Å². The molecule has 14 heavy (non-hydrogen) atoms. The molecular weight excluding hydrogens is 174 g/mol. The summed E-state index contributed by atoms with van der Waals surface area (Å²) in [6.45, 7) is 6.10. The fraction of sp³-hybridized carbons (Fsp3) is 0.364. The Balaban J connectivity index is 2.89. The molecule has 0 unspecified atom stereocenters. The van der Waals surface area contributed by atoms with Gasteiger partial charge in [0.1, 0.15) is 6.07 Å². The van der Waals surface area contributed by atoms with E-state index < -0.39 is 0 Å². The van der Waals surface area contributed by atoms with Crippen LogP contribution in [-0.2, 0) is 0 Å². The van der Waals surface area contributed by atoms with Crippen LogP contribution in [0.3, 0.4) is 0 Å². The zero-order valence-electron chi connectivity index (χ0n) is 8.50. The van der Waals surface area contributed by atoms with Gasteiger partial charge in [-0.05, 0) is 20.8 Å². The first-order valence-corrected chi connectivity index (χ1v) is 4.26. The number of hydrogen-bond donors (Lipinski definition) is 0. The van der Waals surface area contributed by atoms with Crippen LogP contribution in [0.4, 0.5) is 0 Å². The first kappa shape index (κ1) is 10.2. The van der Waals surface area contributed by atoms with Gasteiger partial charge in [-0.2, -0.15) is 5.26 Å². The summed E-state index contributed by atoms with van der Waals surface area (Å²) < 4.78 is 0. The summed E-state index contributed by atoms with van der Waals surface area (Å²) in [5.41, 5.74) is 0.701.